The first kappa shape index (κ1) is 17.1. The molecule has 1 aliphatic rings. The average Bonchev–Trinajstić information content (AvgIpc) is 2.93. The second kappa shape index (κ2) is 6.89. The van der Waals surface area contributed by atoms with Crippen LogP contribution in [0.2, 0.25) is 0 Å². The molecule has 1 heterocycles. The van der Waals surface area contributed by atoms with Crippen molar-refractivity contribution < 1.29 is 19.4 Å². The Balaban J connectivity index is 2.00. The highest BCUT2D eigenvalue weighted by Gasteiger charge is 2.30. The van der Waals surface area contributed by atoms with E-state index in [2.05, 4.69) is 5.32 Å². The molecule has 1 amide bonds. The van der Waals surface area contributed by atoms with Crippen LogP contribution >= 0.6 is 0 Å². The number of carbonyl (C=O) groups is 2. The Labute approximate surface area is 136 Å². The van der Waals surface area contributed by atoms with Gasteiger partial charge in [-0.25, -0.2) is 9.59 Å². The molecule has 0 spiro atoms. The molecule has 0 aromatic heterocycles. The second-order valence-corrected chi connectivity index (χ2v) is 6.72. The van der Waals surface area contributed by atoms with Gasteiger partial charge in [0.1, 0.15) is 11.6 Å². The molecule has 6 heteroatoms. The van der Waals surface area contributed by atoms with Crippen molar-refractivity contribution in [2.75, 3.05) is 11.4 Å². The molecule has 1 fully saturated rings. The topological polar surface area (TPSA) is 78.9 Å². The Morgan fingerprint density at radius 2 is 2.13 bits per heavy atom. The molecule has 1 aromatic carbocycles. The number of nitrogens with one attached hydrogen (secondary N) is 1. The normalized spacial score (nSPS) is 17.9. The minimum Gasteiger partial charge on any atom is -0.480 e. The lowest BCUT2D eigenvalue weighted by Gasteiger charge is -2.24. The number of carboxylic acid groups (broad SMARTS) is 1. The minimum atomic E-state index is -0.792. The number of benzene rings is 1. The van der Waals surface area contributed by atoms with E-state index in [1.165, 1.54) is 0 Å². The average molecular weight is 320 g/mol. The van der Waals surface area contributed by atoms with Gasteiger partial charge in [-0.05, 0) is 51.3 Å². The largest absolute Gasteiger partial charge is 0.480 e. The van der Waals surface area contributed by atoms with E-state index in [0.717, 1.165) is 24.2 Å². The third-order valence-corrected chi connectivity index (χ3v) is 3.62. The van der Waals surface area contributed by atoms with Crippen molar-refractivity contribution in [1.29, 1.82) is 0 Å². The van der Waals surface area contributed by atoms with Crippen LogP contribution in [0.3, 0.4) is 0 Å². The number of rotatable bonds is 4. The van der Waals surface area contributed by atoms with Crippen molar-refractivity contribution in [2.24, 2.45) is 0 Å². The molecule has 1 saturated heterocycles. The van der Waals surface area contributed by atoms with E-state index in [4.69, 9.17) is 4.74 Å². The molecule has 1 atom stereocenters. The summed E-state index contributed by atoms with van der Waals surface area (Å²) in [6.07, 6.45) is 1.07. The lowest BCUT2D eigenvalue weighted by molar-refractivity contribution is -0.138. The zero-order chi connectivity index (χ0) is 17.0. The molecule has 1 aromatic rings. The van der Waals surface area contributed by atoms with Crippen LogP contribution in [0.4, 0.5) is 10.5 Å². The number of alkyl carbamates (subject to hydrolysis) is 1. The quantitative estimate of drug-likeness (QED) is 0.892. The summed E-state index contributed by atoms with van der Waals surface area (Å²) in [7, 11) is 0. The van der Waals surface area contributed by atoms with Gasteiger partial charge in [0.05, 0.1) is 0 Å². The van der Waals surface area contributed by atoms with Crippen LogP contribution in [0.25, 0.3) is 0 Å². The van der Waals surface area contributed by atoms with Crippen molar-refractivity contribution in [1.82, 2.24) is 5.32 Å². The SMILES string of the molecule is CC(C)(C)OC(=O)NCc1cccc(N2CCCC2C(=O)O)c1. The van der Waals surface area contributed by atoms with Crippen LogP contribution in [-0.2, 0) is 16.1 Å². The van der Waals surface area contributed by atoms with Crippen LogP contribution in [-0.4, -0.2) is 35.4 Å². The summed E-state index contributed by atoms with van der Waals surface area (Å²) >= 11 is 0. The van der Waals surface area contributed by atoms with Gasteiger partial charge < -0.3 is 20.1 Å². The van der Waals surface area contributed by atoms with Gasteiger partial charge >= 0.3 is 12.1 Å². The molecule has 1 unspecified atom stereocenters. The first-order valence-electron chi connectivity index (χ1n) is 7.81. The molecule has 0 saturated carbocycles. The van der Waals surface area contributed by atoms with E-state index in [1.807, 2.05) is 49.9 Å². The number of carbonyl (C=O) groups excluding carboxylic acids is 1. The third kappa shape index (κ3) is 4.87. The number of carboxylic acids is 1. The Hall–Kier alpha value is -2.24. The fourth-order valence-corrected chi connectivity index (χ4v) is 2.67. The minimum absolute atomic E-state index is 0.342. The Morgan fingerprint density at radius 3 is 2.78 bits per heavy atom. The van der Waals surface area contributed by atoms with Gasteiger partial charge in [-0.15, -0.1) is 0 Å². The van der Waals surface area contributed by atoms with Crippen molar-refractivity contribution in [3.8, 4) is 0 Å². The maximum atomic E-state index is 11.7. The second-order valence-electron chi connectivity index (χ2n) is 6.72. The molecule has 23 heavy (non-hydrogen) atoms. The van der Waals surface area contributed by atoms with Crippen molar-refractivity contribution in [3.05, 3.63) is 29.8 Å². The Morgan fingerprint density at radius 1 is 1.39 bits per heavy atom. The molecule has 1 aliphatic heterocycles. The predicted octanol–water partition coefficient (Wildman–Crippen LogP) is 2.76. The maximum Gasteiger partial charge on any atom is 0.407 e. The molecule has 0 aliphatic carbocycles. The van der Waals surface area contributed by atoms with Gasteiger partial charge in [-0.3, -0.25) is 0 Å². The van der Waals surface area contributed by atoms with Gasteiger partial charge in [0, 0.05) is 18.8 Å². The number of amides is 1. The molecule has 6 nitrogen and oxygen atoms in total. The molecule has 2 N–H and O–H groups in total. The van der Waals surface area contributed by atoms with Crippen LogP contribution in [0.1, 0.15) is 39.2 Å². The van der Waals surface area contributed by atoms with Crippen molar-refractivity contribution in [3.63, 3.8) is 0 Å². The van der Waals surface area contributed by atoms with Crippen molar-refractivity contribution in [2.45, 2.75) is 51.8 Å². The van der Waals surface area contributed by atoms with Gasteiger partial charge in [-0.2, -0.15) is 0 Å². The number of ether oxygens (including phenoxy) is 1. The van der Waals surface area contributed by atoms with Crippen LogP contribution in [0.5, 0.6) is 0 Å². The predicted molar refractivity (Wildman–Crippen MR) is 87.5 cm³/mol. The number of aliphatic carboxylic acids is 1. The summed E-state index contributed by atoms with van der Waals surface area (Å²) in [4.78, 5) is 24.9. The lowest BCUT2D eigenvalue weighted by atomic mass is 10.1. The van der Waals surface area contributed by atoms with Crippen LogP contribution in [0.15, 0.2) is 24.3 Å². The smallest absolute Gasteiger partial charge is 0.407 e. The van der Waals surface area contributed by atoms with E-state index in [-0.39, 0.29) is 0 Å². The standard InChI is InChI=1S/C17H24N2O4/c1-17(2,3)23-16(22)18-11-12-6-4-7-13(10-12)19-9-5-8-14(19)15(20)21/h4,6-7,10,14H,5,8-9,11H2,1-3H3,(H,18,22)(H,20,21). The summed E-state index contributed by atoms with van der Waals surface area (Å²) in [6.45, 7) is 6.51. The van der Waals surface area contributed by atoms with E-state index in [0.29, 0.717) is 13.0 Å². The van der Waals surface area contributed by atoms with Gasteiger partial charge in [0.25, 0.3) is 0 Å². The van der Waals surface area contributed by atoms with Crippen LogP contribution in [0, 0.1) is 0 Å². The number of anilines is 1. The highest BCUT2D eigenvalue weighted by Crippen LogP contribution is 2.26. The zero-order valence-electron chi connectivity index (χ0n) is 13.8. The van der Waals surface area contributed by atoms with E-state index in [1.54, 1.807) is 0 Å². The summed E-state index contributed by atoms with van der Waals surface area (Å²) in [6, 6.07) is 7.12. The number of hydrogen-bond acceptors (Lipinski definition) is 4. The maximum absolute atomic E-state index is 11.7. The summed E-state index contributed by atoms with van der Waals surface area (Å²) < 4.78 is 5.20. The van der Waals surface area contributed by atoms with E-state index < -0.39 is 23.7 Å². The first-order chi connectivity index (χ1) is 10.8. The molecule has 126 valence electrons. The van der Waals surface area contributed by atoms with E-state index >= 15 is 0 Å². The fraction of sp³-hybridized carbons (Fsp3) is 0.529. The first-order valence-corrected chi connectivity index (χ1v) is 7.81. The number of nitrogens with zero attached hydrogens (tertiary/aromatic N) is 1. The highest BCUT2D eigenvalue weighted by atomic mass is 16.6. The Bertz CT molecular complexity index is 580. The van der Waals surface area contributed by atoms with Crippen molar-refractivity contribution >= 4 is 17.7 Å². The Kier molecular flexibility index (Phi) is 5.13. The molecular weight excluding hydrogens is 296 g/mol. The lowest BCUT2D eigenvalue weighted by Crippen LogP contribution is -2.36. The monoisotopic (exact) mass is 320 g/mol. The highest BCUT2D eigenvalue weighted by molar-refractivity contribution is 5.79. The summed E-state index contributed by atoms with van der Waals surface area (Å²) in [5, 5.41) is 12.0. The third-order valence-electron chi connectivity index (χ3n) is 3.62. The van der Waals surface area contributed by atoms with Crippen LogP contribution < -0.4 is 10.2 Å². The van der Waals surface area contributed by atoms with Gasteiger partial charge in [0.2, 0.25) is 0 Å². The molecule has 0 radical (unpaired) electrons. The summed E-state index contributed by atoms with van der Waals surface area (Å²) in [5.74, 6) is -0.792. The zero-order valence-corrected chi connectivity index (χ0v) is 13.8. The molecule has 0 bridgehead atoms. The molecular formula is C17H24N2O4. The molecule has 2 rings (SSSR count). The van der Waals surface area contributed by atoms with Gasteiger partial charge in [0.15, 0.2) is 0 Å². The van der Waals surface area contributed by atoms with E-state index in [9.17, 15) is 14.7 Å². The number of hydrogen-bond donors (Lipinski definition) is 2. The summed E-state index contributed by atoms with van der Waals surface area (Å²) in [5.41, 5.74) is 1.25. The van der Waals surface area contributed by atoms with Gasteiger partial charge in [-0.1, -0.05) is 12.1 Å². The fourth-order valence-electron chi connectivity index (χ4n) is 2.67.